The third-order valence-electron chi connectivity index (χ3n) is 6.09. The summed E-state index contributed by atoms with van der Waals surface area (Å²) in [6.07, 6.45) is 9.48. The Labute approximate surface area is 234 Å². The fourth-order valence-corrected chi connectivity index (χ4v) is 6.24. The maximum absolute atomic E-state index is 10.2. The Bertz CT molecular complexity index is 1590. The van der Waals surface area contributed by atoms with E-state index >= 15 is 0 Å². The van der Waals surface area contributed by atoms with Crippen molar-refractivity contribution >= 4 is 40.5 Å². The van der Waals surface area contributed by atoms with Crippen molar-refractivity contribution in [3.63, 3.8) is 0 Å². The van der Waals surface area contributed by atoms with Gasteiger partial charge in [-0.3, -0.25) is 0 Å². The smallest absolute Gasteiger partial charge is 0.148 e. The van der Waals surface area contributed by atoms with E-state index in [9.17, 15) is 10.5 Å². The van der Waals surface area contributed by atoms with Gasteiger partial charge in [0.25, 0.3) is 0 Å². The van der Waals surface area contributed by atoms with Crippen LogP contribution in [0.3, 0.4) is 0 Å². The third kappa shape index (κ3) is 5.32. The molecule has 0 atom stereocenters. The van der Waals surface area contributed by atoms with Crippen molar-refractivity contribution in [1.29, 1.82) is 10.5 Å². The van der Waals surface area contributed by atoms with Crippen LogP contribution in [0.4, 0.5) is 5.82 Å². The third-order valence-corrected chi connectivity index (χ3v) is 8.29. The predicted molar refractivity (Wildman–Crippen MR) is 152 cm³/mol. The Hall–Kier alpha value is -4.00. The molecule has 186 valence electrons. The van der Waals surface area contributed by atoms with E-state index in [-0.39, 0.29) is 0 Å². The zero-order valence-electron chi connectivity index (χ0n) is 20.1. The van der Waals surface area contributed by atoms with Gasteiger partial charge in [-0.1, -0.05) is 54.1 Å². The number of anilines is 1. The van der Waals surface area contributed by atoms with Crippen LogP contribution in [-0.2, 0) is 5.75 Å². The van der Waals surface area contributed by atoms with Crippen molar-refractivity contribution in [2.75, 3.05) is 18.0 Å². The van der Waals surface area contributed by atoms with E-state index in [1.165, 1.54) is 11.8 Å². The minimum atomic E-state index is 0.369. The van der Waals surface area contributed by atoms with Crippen LogP contribution in [0.25, 0.3) is 21.7 Å². The average Bonchev–Trinajstić information content (AvgIpc) is 3.65. The number of hydrogen-bond acceptors (Lipinski definition) is 8. The summed E-state index contributed by atoms with van der Waals surface area (Å²) in [5.41, 5.74) is 3.96. The number of nitriles is 2. The van der Waals surface area contributed by atoms with Gasteiger partial charge in [-0.15, -0.1) is 11.3 Å². The number of thioether (sulfide) groups is 1. The maximum Gasteiger partial charge on any atom is 0.148 e. The first-order valence-electron chi connectivity index (χ1n) is 11.8. The fourth-order valence-electron chi connectivity index (χ4n) is 4.31. The molecular weight excluding hydrogens is 534 g/mol. The highest BCUT2D eigenvalue weighted by Gasteiger charge is 2.26. The number of benzene rings is 2. The largest absolute Gasteiger partial charge is 0.408 e. The van der Waals surface area contributed by atoms with E-state index < -0.39 is 0 Å². The number of aromatic nitrogens is 2. The Morgan fingerprint density at radius 3 is 2.32 bits per heavy atom. The highest BCUT2D eigenvalue weighted by atomic mass is 35.5. The number of hydrogen-bond donors (Lipinski definition) is 0. The second-order valence-electron chi connectivity index (χ2n) is 8.47. The van der Waals surface area contributed by atoms with Crippen LogP contribution < -0.4 is 9.64 Å². The summed E-state index contributed by atoms with van der Waals surface area (Å²) >= 11 is 9.03. The van der Waals surface area contributed by atoms with Crippen molar-refractivity contribution in [3.8, 4) is 52.1 Å². The topological polar surface area (TPSA) is 85.8 Å². The van der Waals surface area contributed by atoms with Crippen LogP contribution in [0, 0.1) is 35.2 Å². The zero-order chi connectivity index (χ0) is 26.5. The molecule has 1 aliphatic rings. The normalized spacial score (nSPS) is 12.5. The molecule has 1 saturated heterocycles. The van der Waals surface area contributed by atoms with Crippen LogP contribution in [0.2, 0.25) is 5.02 Å². The summed E-state index contributed by atoms with van der Waals surface area (Å²) in [4.78, 5) is 11.8. The second-order valence-corrected chi connectivity index (χ2v) is 10.7. The number of halogens is 1. The molecule has 5 rings (SSSR count). The predicted octanol–water partition coefficient (Wildman–Crippen LogP) is 7.13. The lowest BCUT2D eigenvalue weighted by Crippen LogP contribution is -2.21. The van der Waals surface area contributed by atoms with Gasteiger partial charge in [0.1, 0.15) is 45.4 Å². The lowest BCUT2D eigenvalue weighted by atomic mass is 9.96. The van der Waals surface area contributed by atoms with E-state index in [4.69, 9.17) is 32.7 Å². The molecule has 0 bridgehead atoms. The zero-order valence-corrected chi connectivity index (χ0v) is 22.5. The first kappa shape index (κ1) is 25.6. The monoisotopic (exact) mass is 553 g/mol. The summed E-state index contributed by atoms with van der Waals surface area (Å²) in [5.74, 6) is 1.66. The molecule has 38 heavy (non-hydrogen) atoms. The van der Waals surface area contributed by atoms with Crippen LogP contribution in [-0.4, -0.2) is 23.1 Å². The van der Waals surface area contributed by atoms with E-state index in [0.717, 1.165) is 47.8 Å². The molecule has 0 spiro atoms. The van der Waals surface area contributed by atoms with Crippen LogP contribution in [0.15, 0.2) is 58.9 Å². The van der Waals surface area contributed by atoms with Crippen molar-refractivity contribution in [2.45, 2.75) is 23.6 Å². The first-order chi connectivity index (χ1) is 18.6. The number of nitrogens with zero attached hydrogens (tertiary/aromatic N) is 5. The van der Waals surface area contributed by atoms with E-state index in [1.54, 1.807) is 23.5 Å². The molecule has 3 heterocycles. The van der Waals surface area contributed by atoms with Crippen molar-refractivity contribution in [2.24, 2.45) is 0 Å². The quantitative estimate of drug-likeness (QED) is 0.178. The molecule has 0 saturated carbocycles. The summed E-state index contributed by atoms with van der Waals surface area (Å²) in [7, 11) is 0. The van der Waals surface area contributed by atoms with Gasteiger partial charge in [0.2, 0.25) is 0 Å². The number of ether oxygens (including phenoxy) is 1. The Morgan fingerprint density at radius 2 is 1.66 bits per heavy atom. The van der Waals surface area contributed by atoms with Crippen molar-refractivity contribution < 1.29 is 4.74 Å². The average molecular weight is 554 g/mol. The lowest BCUT2D eigenvalue weighted by molar-refractivity contribution is 0.521. The molecule has 0 aliphatic carbocycles. The van der Waals surface area contributed by atoms with Crippen LogP contribution >= 0.6 is 34.7 Å². The van der Waals surface area contributed by atoms with Gasteiger partial charge in [-0.05, 0) is 42.7 Å². The number of pyridine rings is 1. The molecule has 4 aromatic rings. The molecule has 9 heteroatoms. The van der Waals surface area contributed by atoms with E-state index in [2.05, 4.69) is 23.1 Å². The van der Waals surface area contributed by atoms with Crippen molar-refractivity contribution in [3.05, 3.63) is 75.8 Å². The molecule has 1 aliphatic heterocycles. The molecule has 0 N–H and O–H groups in total. The van der Waals surface area contributed by atoms with Gasteiger partial charge in [0.05, 0.1) is 11.3 Å². The van der Waals surface area contributed by atoms with E-state index in [0.29, 0.717) is 44.1 Å². The van der Waals surface area contributed by atoms with Crippen LogP contribution in [0.5, 0.6) is 5.75 Å². The molecule has 2 aromatic heterocycles. The Kier molecular flexibility index (Phi) is 7.82. The SMILES string of the molecule is C#COc1ccc(-c2c(C#N)c(SCc3csc(-c4ccc(Cl)cc4)n3)nc(N3CCCC3)c2C#N)cc1. The molecule has 0 amide bonds. The first-order valence-corrected chi connectivity index (χ1v) is 14.0. The van der Waals surface area contributed by atoms with Crippen LogP contribution in [0.1, 0.15) is 29.7 Å². The van der Waals surface area contributed by atoms with Gasteiger partial charge in [-0.25, -0.2) is 9.97 Å². The number of thiazole rings is 1. The van der Waals surface area contributed by atoms with Gasteiger partial charge >= 0.3 is 0 Å². The highest BCUT2D eigenvalue weighted by Crippen LogP contribution is 2.40. The van der Waals surface area contributed by atoms with E-state index in [1.807, 2.05) is 41.8 Å². The minimum Gasteiger partial charge on any atom is -0.408 e. The fraction of sp³-hybridized carbons (Fsp3) is 0.172. The molecule has 6 nitrogen and oxygen atoms in total. The standard InChI is InChI=1S/C29H20ClN5OS2/c1-2-36-23-11-7-19(8-12-23)26-24(15-31)27(35-13-3-4-14-35)34-29(25(26)16-32)38-18-22-17-37-28(33-22)20-5-9-21(30)10-6-20/h1,5-12,17H,3-4,13-14,18H2. The highest BCUT2D eigenvalue weighted by molar-refractivity contribution is 7.98. The Morgan fingerprint density at radius 1 is 0.974 bits per heavy atom. The Balaban J connectivity index is 1.53. The summed E-state index contributed by atoms with van der Waals surface area (Å²) in [5, 5.41) is 24.6. The van der Waals surface area contributed by atoms with Gasteiger partial charge in [0.15, 0.2) is 0 Å². The molecule has 1 fully saturated rings. The molecule has 0 unspecified atom stereocenters. The maximum atomic E-state index is 10.2. The molecular formula is C29H20ClN5OS2. The molecule has 2 aromatic carbocycles. The summed E-state index contributed by atoms with van der Waals surface area (Å²) < 4.78 is 5.13. The van der Waals surface area contributed by atoms with Gasteiger partial charge in [0, 0.05) is 40.4 Å². The lowest BCUT2D eigenvalue weighted by Gasteiger charge is -2.22. The number of terminal acetylenes is 1. The molecule has 0 radical (unpaired) electrons. The minimum absolute atomic E-state index is 0.369. The number of rotatable bonds is 7. The van der Waals surface area contributed by atoms with Gasteiger partial charge < -0.3 is 9.64 Å². The second kappa shape index (κ2) is 11.6. The summed E-state index contributed by atoms with van der Waals surface area (Å²) in [6, 6.07) is 19.3. The van der Waals surface area contributed by atoms with Crippen molar-refractivity contribution in [1.82, 2.24) is 9.97 Å². The van der Waals surface area contributed by atoms with Gasteiger partial charge in [-0.2, -0.15) is 10.5 Å². The summed E-state index contributed by atoms with van der Waals surface area (Å²) in [6.45, 7) is 1.64.